The van der Waals surface area contributed by atoms with Crippen molar-refractivity contribution in [1.82, 2.24) is 9.55 Å². The third-order valence-corrected chi connectivity index (χ3v) is 5.35. The van der Waals surface area contributed by atoms with Crippen LogP contribution in [0.1, 0.15) is 50.6 Å². The van der Waals surface area contributed by atoms with Gasteiger partial charge in [-0.25, -0.2) is 4.98 Å². The molecule has 0 unspecified atom stereocenters. The summed E-state index contributed by atoms with van der Waals surface area (Å²) in [5, 5.41) is 1.21. The number of nitrogens with zero attached hydrogens (tertiary/aromatic N) is 2. The summed E-state index contributed by atoms with van der Waals surface area (Å²) >= 11 is 0. The van der Waals surface area contributed by atoms with Crippen LogP contribution in [0, 0.1) is 12.3 Å². The molecule has 0 fully saturated rings. The molecule has 0 aliphatic rings. The van der Waals surface area contributed by atoms with E-state index in [0.717, 1.165) is 36.5 Å². The van der Waals surface area contributed by atoms with E-state index in [1.165, 1.54) is 22.0 Å². The highest BCUT2D eigenvalue weighted by Gasteiger charge is 2.22. The van der Waals surface area contributed by atoms with E-state index >= 15 is 0 Å². The van der Waals surface area contributed by atoms with Gasteiger partial charge in [0.15, 0.2) is 0 Å². The molecule has 0 saturated heterocycles. The third-order valence-electron chi connectivity index (χ3n) is 5.35. The normalized spacial score (nSPS) is 11.7. The molecule has 3 aromatic rings. The molecule has 0 aliphatic heterocycles. The van der Waals surface area contributed by atoms with Gasteiger partial charge in [0.25, 0.3) is 0 Å². The van der Waals surface area contributed by atoms with Gasteiger partial charge in [0, 0.05) is 16.8 Å². The van der Waals surface area contributed by atoms with Gasteiger partial charge in [0.1, 0.15) is 5.82 Å². The number of hydrogen-bond donors (Lipinski definition) is 0. The Labute approximate surface area is 163 Å². The Morgan fingerprint density at radius 1 is 1.19 bits per heavy atom. The highest BCUT2D eigenvalue weighted by molar-refractivity contribution is 5.86. The van der Waals surface area contributed by atoms with Gasteiger partial charge in [-0.05, 0) is 61.1 Å². The van der Waals surface area contributed by atoms with Gasteiger partial charge in [0.05, 0.1) is 5.52 Å². The summed E-state index contributed by atoms with van der Waals surface area (Å²) in [5.74, 6) is 0.944. The lowest BCUT2D eigenvalue weighted by Crippen LogP contribution is -2.18. The van der Waals surface area contributed by atoms with E-state index in [1.54, 1.807) is 0 Å². The molecule has 0 saturated carbocycles. The summed E-state index contributed by atoms with van der Waals surface area (Å²) in [5.41, 5.74) is 5.91. The van der Waals surface area contributed by atoms with Crippen LogP contribution in [0.3, 0.4) is 0 Å². The summed E-state index contributed by atoms with van der Waals surface area (Å²) in [7, 11) is 0. The summed E-state index contributed by atoms with van der Waals surface area (Å²) in [6, 6.07) is 15.0. The van der Waals surface area contributed by atoms with Crippen LogP contribution in [-0.4, -0.2) is 9.55 Å². The predicted molar refractivity (Wildman–Crippen MR) is 117 cm³/mol. The number of hydrogen-bond acceptors (Lipinski definition) is 1. The molecule has 0 aliphatic carbocycles. The van der Waals surface area contributed by atoms with Crippen LogP contribution in [0.25, 0.3) is 22.8 Å². The topological polar surface area (TPSA) is 17.8 Å². The van der Waals surface area contributed by atoms with Crippen molar-refractivity contribution in [2.24, 2.45) is 5.41 Å². The maximum atomic E-state index is 5.01. The highest BCUT2D eigenvalue weighted by Crippen LogP contribution is 2.32. The quantitative estimate of drug-likeness (QED) is 0.420. The molecule has 3 rings (SSSR count). The highest BCUT2D eigenvalue weighted by atomic mass is 15.1. The van der Waals surface area contributed by atoms with Crippen molar-refractivity contribution in [1.29, 1.82) is 0 Å². The Kier molecular flexibility index (Phi) is 5.36. The second kappa shape index (κ2) is 7.56. The fourth-order valence-electron chi connectivity index (χ4n) is 3.65. The monoisotopic (exact) mass is 358 g/mol. The Hall–Kier alpha value is -2.61. The summed E-state index contributed by atoms with van der Waals surface area (Å²) in [4.78, 5) is 5.01. The Bertz CT molecular complexity index is 989. The molecule has 27 heavy (non-hydrogen) atoms. The Balaban J connectivity index is 2.04. The van der Waals surface area contributed by atoms with E-state index in [9.17, 15) is 0 Å². The molecule has 2 nitrogen and oxygen atoms in total. The van der Waals surface area contributed by atoms with Crippen LogP contribution in [0.4, 0.5) is 0 Å². The van der Waals surface area contributed by atoms with Crippen molar-refractivity contribution in [3.63, 3.8) is 0 Å². The van der Waals surface area contributed by atoms with E-state index in [1.807, 2.05) is 6.08 Å². The van der Waals surface area contributed by atoms with Gasteiger partial charge in [0.2, 0.25) is 0 Å². The number of pyridine rings is 1. The van der Waals surface area contributed by atoms with E-state index in [-0.39, 0.29) is 5.41 Å². The van der Waals surface area contributed by atoms with E-state index in [0.29, 0.717) is 0 Å². The van der Waals surface area contributed by atoms with Crippen LogP contribution in [0.5, 0.6) is 0 Å². The van der Waals surface area contributed by atoms with E-state index in [4.69, 9.17) is 4.98 Å². The Morgan fingerprint density at radius 3 is 2.67 bits per heavy atom. The Morgan fingerprint density at radius 2 is 1.96 bits per heavy atom. The number of rotatable bonds is 7. The third kappa shape index (κ3) is 3.90. The lowest BCUT2D eigenvalue weighted by molar-refractivity contribution is 0.422. The predicted octanol–water partition coefficient (Wildman–Crippen LogP) is 6.90. The van der Waals surface area contributed by atoms with Gasteiger partial charge in [-0.3, -0.25) is 4.57 Å². The molecule has 2 aromatic heterocycles. The molecule has 0 bridgehead atoms. The van der Waals surface area contributed by atoms with Gasteiger partial charge in [-0.1, -0.05) is 64.1 Å². The lowest BCUT2D eigenvalue weighted by Gasteiger charge is -2.27. The fraction of sp³-hybridized carbons (Fsp3) is 0.320. The molecule has 1 aromatic carbocycles. The molecular weight excluding hydrogens is 328 g/mol. The van der Waals surface area contributed by atoms with Gasteiger partial charge in [-0.15, -0.1) is 0 Å². The number of fused-ring (bicyclic) bond motifs is 1. The van der Waals surface area contributed by atoms with Crippen molar-refractivity contribution >= 4 is 17.0 Å². The maximum Gasteiger partial charge on any atom is 0.137 e. The van der Waals surface area contributed by atoms with Crippen molar-refractivity contribution in [3.8, 4) is 5.82 Å². The minimum atomic E-state index is 0.0399. The van der Waals surface area contributed by atoms with Crippen molar-refractivity contribution in [3.05, 3.63) is 78.1 Å². The smallest absolute Gasteiger partial charge is 0.137 e. The maximum absolute atomic E-state index is 5.01. The zero-order valence-electron chi connectivity index (χ0n) is 17.0. The molecule has 0 spiro atoms. The molecule has 0 amide bonds. The van der Waals surface area contributed by atoms with Crippen LogP contribution in [0.15, 0.2) is 61.2 Å². The standard InChI is InChI=1S/C25H30N2/c1-7-10-19(4)25(5,6)17-21-11-9-12-24(26-21)27-22(8-2)16-20-14-13-18(3)15-23(20)27/h8-9,11-16H,2,4,7,10,17H2,1,3,5-6H3. The van der Waals surface area contributed by atoms with Crippen LogP contribution < -0.4 is 0 Å². The largest absolute Gasteiger partial charge is 0.294 e. The van der Waals surface area contributed by atoms with Crippen molar-refractivity contribution in [2.75, 3.05) is 0 Å². The van der Waals surface area contributed by atoms with Gasteiger partial charge < -0.3 is 0 Å². The SMILES string of the molecule is C=Cc1cc2ccc(C)cc2n1-c1cccc(CC(C)(C)C(=C)CCC)n1. The number of benzene rings is 1. The van der Waals surface area contributed by atoms with Crippen LogP contribution in [-0.2, 0) is 6.42 Å². The number of aromatic nitrogens is 2. The van der Waals surface area contributed by atoms with Gasteiger partial charge >= 0.3 is 0 Å². The molecular formula is C25H30N2. The molecule has 2 heteroatoms. The second-order valence-corrected chi connectivity index (χ2v) is 8.07. The molecule has 0 atom stereocenters. The first-order chi connectivity index (χ1) is 12.9. The number of allylic oxidation sites excluding steroid dienone is 1. The minimum Gasteiger partial charge on any atom is -0.294 e. The summed E-state index contributed by atoms with van der Waals surface area (Å²) in [6.07, 6.45) is 4.99. The second-order valence-electron chi connectivity index (χ2n) is 8.07. The fourth-order valence-corrected chi connectivity index (χ4v) is 3.65. The zero-order valence-corrected chi connectivity index (χ0v) is 17.0. The summed E-state index contributed by atoms with van der Waals surface area (Å²) < 4.78 is 2.20. The van der Waals surface area contributed by atoms with Crippen molar-refractivity contribution < 1.29 is 0 Å². The van der Waals surface area contributed by atoms with E-state index < -0.39 is 0 Å². The first-order valence-electron chi connectivity index (χ1n) is 9.75. The molecule has 0 N–H and O–H groups in total. The first-order valence-corrected chi connectivity index (χ1v) is 9.75. The zero-order chi connectivity index (χ0) is 19.6. The number of aryl methyl sites for hydroxylation is 1. The summed E-state index contributed by atoms with van der Waals surface area (Å²) in [6.45, 7) is 17.2. The first kappa shape index (κ1) is 19.2. The van der Waals surface area contributed by atoms with Gasteiger partial charge in [-0.2, -0.15) is 0 Å². The van der Waals surface area contributed by atoms with Crippen LogP contribution in [0.2, 0.25) is 0 Å². The molecule has 2 heterocycles. The van der Waals surface area contributed by atoms with E-state index in [2.05, 4.69) is 87.9 Å². The molecule has 0 radical (unpaired) electrons. The average molecular weight is 359 g/mol. The van der Waals surface area contributed by atoms with Crippen LogP contribution >= 0.6 is 0 Å². The lowest BCUT2D eigenvalue weighted by atomic mass is 9.79. The van der Waals surface area contributed by atoms with Crippen molar-refractivity contribution in [2.45, 2.75) is 47.0 Å². The molecule has 140 valence electrons. The average Bonchev–Trinajstić information content (AvgIpc) is 2.99. The minimum absolute atomic E-state index is 0.0399.